The summed E-state index contributed by atoms with van der Waals surface area (Å²) in [6, 6.07) is 0.886. The topological polar surface area (TPSA) is 29.3 Å². The van der Waals surface area contributed by atoms with Crippen molar-refractivity contribution < 1.29 is 0 Å². The number of piperidine rings is 1. The fraction of sp³-hybridized carbons (Fsp3) is 1.00. The highest BCUT2D eigenvalue weighted by Crippen LogP contribution is 2.36. The van der Waals surface area contributed by atoms with Crippen LogP contribution >= 0.6 is 0 Å². The molecule has 2 fully saturated rings. The van der Waals surface area contributed by atoms with Gasteiger partial charge in [-0.05, 0) is 44.7 Å². The first kappa shape index (κ1) is 9.47. The highest BCUT2D eigenvalue weighted by atomic mass is 15.1. The van der Waals surface area contributed by atoms with Gasteiger partial charge < -0.3 is 10.6 Å². The van der Waals surface area contributed by atoms with Gasteiger partial charge in [0.1, 0.15) is 0 Å². The van der Waals surface area contributed by atoms with E-state index in [0.29, 0.717) is 0 Å². The van der Waals surface area contributed by atoms with Crippen LogP contribution in [0.2, 0.25) is 0 Å². The zero-order valence-corrected chi connectivity index (χ0v) is 8.71. The monoisotopic (exact) mass is 182 g/mol. The maximum atomic E-state index is 5.76. The van der Waals surface area contributed by atoms with Gasteiger partial charge in [-0.3, -0.25) is 0 Å². The molecule has 0 amide bonds. The van der Waals surface area contributed by atoms with Crippen molar-refractivity contribution in [3.05, 3.63) is 0 Å². The summed E-state index contributed by atoms with van der Waals surface area (Å²) in [5.74, 6) is 1.73. The van der Waals surface area contributed by atoms with Crippen LogP contribution in [-0.2, 0) is 0 Å². The summed E-state index contributed by atoms with van der Waals surface area (Å²) in [5.41, 5.74) is 5.76. The molecule has 13 heavy (non-hydrogen) atoms. The van der Waals surface area contributed by atoms with Crippen LogP contribution in [-0.4, -0.2) is 31.1 Å². The van der Waals surface area contributed by atoms with Crippen LogP contribution in [0.5, 0.6) is 0 Å². The predicted molar refractivity (Wildman–Crippen MR) is 55.5 cm³/mol. The first-order chi connectivity index (χ1) is 6.31. The van der Waals surface area contributed by atoms with Gasteiger partial charge in [-0.15, -0.1) is 0 Å². The van der Waals surface area contributed by atoms with Gasteiger partial charge in [0.2, 0.25) is 0 Å². The van der Waals surface area contributed by atoms with E-state index in [0.717, 1.165) is 24.4 Å². The Hall–Kier alpha value is -0.0800. The van der Waals surface area contributed by atoms with Gasteiger partial charge in [-0.25, -0.2) is 0 Å². The van der Waals surface area contributed by atoms with Gasteiger partial charge in [0.25, 0.3) is 0 Å². The molecule has 0 aromatic carbocycles. The summed E-state index contributed by atoms with van der Waals surface area (Å²) in [7, 11) is 2.28. The van der Waals surface area contributed by atoms with Crippen molar-refractivity contribution in [2.24, 2.45) is 17.6 Å². The molecule has 0 spiro atoms. The van der Waals surface area contributed by atoms with E-state index in [1.807, 2.05) is 0 Å². The lowest BCUT2D eigenvalue weighted by atomic mass is 9.75. The third kappa shape index (κ3) is 1.89. The molecular formula is C11H22N2. The van der Waals surface area contributed by atoms with Gasteiger partial charge in [0.15, 0.2) is 0 Å². The van der Waals surface area contributed by atoms with Gasteiger partial charge in [-0.2, -0.15) is 0 Å². The molecule has 2 aliphatic rings. The third-order valence-electron chi connectivity index (χ3n) is 3.95. The van der Waals surface area contributed by atoms with Crippen LogP contribution in [0, 0.1) is 11.8 Å². The lowest BCUT2D eigenvalue weighted by Crippen LogP contribution is -2.49. The number of nitrogens with two attached hydrogens (primary N) is 1. The average Bonchev–Trinajstić information content (AvgIpc) is 2.18. The summed E-state index contributed by atoms with van der Waals surface area (Å²) >= 11 is 0. The minimum absolute atomic E-state index is 0.768. The molecule has 0 aromatic heterocycles. The molecule has 3 unspecified atom stereocenters. The zero-order chi connectivity index (χ0) is 9.26. The van der Waals surface area contributed by atoms with E-state index < -0.39 is 0 Å². The van der Waals surface area contributed by atoms with E-state index in [4.69, 9.17) is 5.73 Å². The van der Waals surface area contributed by atoms with Crippen LogP contribution in [0.25, 0.3) is 0 Å². The first-order valence-electron chi connectivity index (χ1n) is 5.71. The van der Waals surface area contributed by atoms with Crippen LogP contribution in [0.3, 0.4) is 0 Å². The molecule has 1 saturated carbocycles. The van der Waals surface area contributed by atoms with Crippen molar-refractivity contribution in [1.29, 1.82) is 0 Å². The maximum absolute atomic E-state index is 5.76. The minimum atomic E-state index is 0.768. The summed E-state index contributed by atoms with van der Waals surface area (Å²) in [4.78, 5) is 2.56. The molecule has 1 aliphatic heterocycles. The first-order valence-corrected chi connectivity index (χ1v) is 5.71. The number of likely N-dealkylation sites (tertiary alicyclic amines) is 1. The average molecular weight is 182 g/mol. The number of fused-ring (bicyclic) bond motifs is 1. The summed E-state index contributed by atoms with van der Waals surface area (Å²) < 4.78 is 0. The molecule has 0 radical (unpaired) electrons. The van der Waals surface area contributed by atoms with Gasteiger partial charge in [0.05, 0.1) is 0 Å². The predicted octanol–water partition coefficient (Wildman–Crippen LogP) is 1.46. The Labute approximate surface area is 81.5 Å². The molecule has 1 heterocycles. The zero-order valence-electron chi connectivity index (χ0n) is 8.71. The smallest absolute Gasteiger partial charge is 0.0121 e. The molecule has 2 N–H and O–H groups in total. The quantitative estimate of drug-likeness (QED) is 0.665. The fourth-order valence-corrected chi connectivity index (χ4v) is 3.26. The Morgan fingerprint density at radius 1 is 1.31 bits per heavy atom. The molecule has 2 nitrogen and oxygen atoms in total. The molecule has 3 atom stereocenters. The summed E-state index contributed by atoms with van der Waals surface area (Å²) in [5, 5.41) is 0. The number of hydrogen-bond donors (Lipinski definition) is 1. The van der Waals surface area contributed by atoms with Crippen LogP contribution < -0.4 is 5.73 Å². The van der Waals surface area contributed by atoms with E-state index >= 15 is 0 Å². The van der Waals surface area contributed by atoms with E-state index in [9.17, 15) is 0 Å². The third-order valence-corrected chi connectivity index (χ3v) is 3.95. The Balaban J connectivity index is 1.99. The summed E-state index contributed by atoms with van der Waals surface area (Å²) in [6.45, 7) is 2.12. The number of nitrogens with zero attached hydrogens (tertiary/aromatic N) is 1. The Morgan fingerprint density at radius 2 is 2.08 bits per heavy atom. The molecule has 2 rings (SSSR count). The van der Waals surface area contributed by atoms with Crippen molar-refractivity contribution in [1.82, 2.24) is 4.90 Å². The highest BCUT2D eigenvalue weighted by molar-refractivity contribution is 4.89. The molecule has 1 aliphatic carbocycles. The molecule has 0 bridgehead atoms. The van der Waals surface area contributed by atoms with E-state index in [1.54, 1.807) is 0 Å². The lowest BCUT2D eigenvalue weighted by Gasteiger charge is -2.45. The second kappa shape index (κ2) is 3.97. The SMILES string of the molecule is CN1CC(CN)CC2CCCCC21. The van der Waals surface area contributed by atoms with E-state index in [2.05, 4.69) is 11.9 Å². The maximum Gasteiger partial charge on any atom is 0.0121 e. The molecule has 1 saturated heterocycles. The van der Waals surface area contributed by atoms with Crippen molar-refractivity contribution >= 4 is 0 Å². The van der Waals surface area contributed by atoms with Gasteiger partial charge >= 0.3 is 0 Å². The second-order valence-electron chi connectivity index (χ2n) is 4.89. The largest absolute Gasteiger partial charge is 0.330 e. The molecule has 0 aromatic rings. The Kier molecular flexibility index (Phi) is 2.89. The molecular weight excluding hydrogens is 160 g/mol. The van der Waals surface area contributed by atoms with Crippen LogP contribution in [0.1, 0.15) is 32.1 Å². The van der Waals surface area contributed by atoms with Crippen molar-refractivity contribution in [2.75, 3.05) is 20.1 Å². The van der Waals surface area contributed by atoms with Gasteiger partial charge in [-0.1, -0.05) is 12.8 Å². The molecule has 2 heteroatoms. The van der Waals surface area contributed by atoms with Crippen molar-refractivity contribution in [2.45, 2.75) is 38.1 Å². The van der Waals surface area contributed by atoms with Crippen molar-refractivity contribution in [3.63, 3.8) is 0 Å². The number of hydrogen-bond acceptors (Lipinski definition) is 2. The fourth-order valence-electron chi connectivity index (χ4n) is 3.26. The Morgan fingerprint density at radius 3 is 2.85 bits per heavy atom. The summed E-state index contributed by atoms with van der Waals surface area (Å²) in [6.07, 6.45) is 7.17. The number of rotatable bonds is 1. The molecule has 76 valence electrons. The second-order valence-corrected chi connectivity index (χ2v) is 4.89. The van der Waals surface area contributed by atoms with E-state index in [-0.39, 0.29) is 0 Å². The highest BCUT2D eigenvalue weighted by Gasteiger charge is 2.34. The normalized spacial score (nSPS) is 41.5. The van der Waals surface area contributed by atoms with Crippen LogP contribution in [0.4, 0.5) is 0 Å². The minimum Gasteiger partial charge on any atom is -0.330 e. The van der Waals surface area contributed by atoms with Crippen molar-refractivity contribution in [3.8, 4) is 0 Å². The Bertz CT molecular complexity index is 169. The standard InChI is InChI=1S/C11H22N2/c1-13-8-9(7-12)6-10-4-2-3-5-11(10)13/h9-11H,2-8,12H2,1H3. The van der Waals surface area contributed by atoms with Gasteiger partial charge in [0, 0.05) is 12.6 Å². The lowest BCUT2D eigenvalue weighted by molar-refractivity contribution is 0.0513. The van der Waals surface area contributed by atoms with Crippen LogP contribution in [0.15, 0.2) is 0 Å². The van der Waals surface area contributed by atoms with E-state index in [1.165, 1.54) is 38.6 Å².